The van der Waals surface area contributed by atoms with Gasteiger partial charge in [0.25, 0.3) is 0 Å². The van der Waals surface area contributed by atoms with Crippen molar-refractivity contribution in [2.75, 3.05) is 0 Å². The highest BCUT2D eigenvalue weighted by Gasteiger charge is 2.22. The van der Waals surface area contributed by atoms with Gasteiger partial charge < -0.3 is 5.32 Å². The summed E-state index contributed by atoms with van der Waals surface area (Å²) in [7, 11) is 0. The van der Waals surface area contributed by atoms with Crippen molar-refractivity contribution in [3.05, 3.63) is 59.7 Å². The van der Waals surface area contributed by atoms with Crippen LogP contribution < -0.4 is 5.32 Å². The summed E-state index contributed by atoms with van der Waals surface area (Å²) in [6.45, 7) is 4.47. The molecule has 3 rings (SSSR count). The number of rotatable bonds is 0. The summed E-state index contributed by atoms with van der Waals surface area (Å²) in [5, 5.41) is 3.65. The lowest BCUT2D eigenvalue weighted by Gasteiger charge is -2.17. The Hall–Kier alpha value is -1.60. The average molecular weight is 223 g/mol. The fourth-order valence-corrected chi connectivity index (χ4v) is 2.79. The van der Waals surface area contributed by atoms with Crippen LogP contribution in [-0.2, 0) is 0 Å². The third-order valence-corrected chi connectivity index (χ3v) is 3.64. The Morgan fingerprint density at radius 2 is 1.12 bits per heavy atom. The van der Waals surface area contributed by atoms with E-state index in [1.54, 1.807) is 0 Å². The Bertz CT molecular complexity index is 495. The smallest absolute Gasteiger partial charge is 0.0303 e. The topological polar surface area (TPSA) is 12.0 Å². The first-order valence-corrected chi connectivity index (χ1v) is 6.21. The van der Waals surface area contributed by atoms with E-state index in [-0.39, 0.29) is 0 Å². The van der Waals surface area contributed by atoms with Crippen LogP contribution in [0.2, 0.25) is 0 Å². The van der Waals surface area contributed by atoms with E-state index in [9.17, 15) is 0 Å². The maximum atomic E-state index is 3.65. The molecule has 0 aromatic heterocycles. The maximum Gasteiger partial charge on any atom is 0.0303 e. The molecule has 2 aromatic rings. The van der Waals surface area contributed by atoms with Gasteiger partial charge in [0.15, 0.2) is 0 Å². The molecular weight excluding hydrogens is 206 g/mol. The van der Waals surface area contributed by atoms with E-state index in [1.165, 1.54) is 22.3 Å². The van der Waals surface area contributed by atoms with E-state index < -0.39 is 0 Å². The van der Waals surface area contributed by atoms with Gasteiger partial charge in [-0.25, -0.2) is 0 Å². The molecular formula is C16H17N. The molecule has 0 unspecified atom stereocenters. The highest BCUT2D eigenvalue weighted by Crippen LogP contribution is 2.37. The molecule has 1 heteroatoms. The molecule has 0 saturated carbocycles. The normalized spacial score (nSPS) is 22.5. The third-order valence-electron chi connectivity index (χ3n) is 3.64. The van der Waals surface area contributed by atoms with Gasteiger partial charge in [0.05, 0.1) is 0 Å². The molecule has 0 saturated heterocycles. The molecule has 1 nitrogen and oxygen atoms in total. The molecule has 86 valence electrons. The lowest BCUT2D eigenvalue weighted by Crippen LogP contribution is -2.20. The van der Waals surface area contributed by atoms with Gasteiger partial charge in [0.2, 0.25) is 0 Å². The van der Waals surface area contributed by atoms with Crippen LogP contribution >= 0.6 is 0 Å². The van der Waals surface area contributed by atoms with Gasteiger partial charge >= 0.3 is 0 Å². The number of benzene rings is 2. The zero-order valence-electron chi connectivity index (χ0n) is 10.3. The van der Waals surface area contributed by atoms with Crippen molar-refractivity contribution >= 4 is 0 Å². The first kappa shape index (κ1) is 10.5. The summed E-state index contributed by atoms with van der Waals surface area (Å²) in [5.74, 6) is 0. The first-order chi connectivity index (χ1) is 8.27. The van der Waals surface area contributed by atoms with Crippen molar-refractivity contribution in [1.82, 2.24) is 5.32 Å². The van der Waals surface area contributed by atoms with Crippen LogP contribution in [0.25, 0.3) is 11.1 Å². The predicted molar refractivity (Wildman–Crippen MR) is 71.8 cm³/mol. The minimum absolute atomic E-state index is 0.397. The van der Waals surface area contributed by atoms with Gasteiger partial charge in [-0.05, 0) is 36.1 Å². The monoisotopic (exact) mass is 223 g/mol. The van der Waals surface area contributed by atoms with Gasteiger partial charge in [0.1, 0.15) is 0 Å². The van der Waals surface area contributed by atoms with Gasteiger partial charge in [-0.3, -0.25) is 0 Å². The lowest BCUT2D eigenvalue weighted by atomic mass is 9.93. The number of fused-ring (bicyclic) bond motifs is 3. The van der Waals surface area contributed by atoms with Crippen molar-refractivity contribution in [1.29, 1.82) is 0 Å². The largest absolute Gasteiger partial charge is 0.304 e. The van der Waals surface area contributed by atoms with Gasteiger partial charge in [-0.1, -0.05) is 48.5 Å². The summed E-state index contributed by atoms with van der Waals surface area (Å²) in [6, 6.07) is 18.2. The highest BCUT2D eigenvalue weighted by atomic mass is 14.9. The van der Waals surface area contributed by atoms with Crippen molar-refractivity contribution in [2.24, 2.45) is 0 Å². The molecule has 1 aliphatic heterocycles. The number of hydrogen-bond acceptors (Lipinski definition) is 1. The summed E-state index contributed by atoms with van der Waals surface area (Å²) < 4.78 is 0. The molecule has 0 radical (unpaired) electrons. The molecule has 2 atom stereocenters. The maximum absolute atomic E-state index is 3.65. The second kappa shape index (κ2) is 4.01. The van der Waals surface area contributed by atoms with Gasteiger partial charge in [0, 0.05) is 12.1 Å². The van der Waals surface area contributed by atoms with Crippen LogP contribution in [0.15, 0.2) is 48.5 Å². The molecule has 17 heavy (non-hydrogen) atoms. The molecule has 0 amide bonds. The second-order valence-corrected chi connectivity index (χ2v) is 4.78. The minimum atomic E-state index is 0.397. The zero-order valence-corrected chi connectivity index (χ0v) is 10.3. The Morgan fingerprint density at radius 3 is 1.59 bits per heavy atom. The predicted octanol–water partition coefficient (Wildman–Crippen LogP) is 4.08. The summed E-state index contributed by atoms with van der Waals surface area (Å²) in [5.41, 5.74) is 5.52. The van der Waals surface area contributed by atoms with Crippen molar-refractivity contribution in [3.8, 4) is 11.1 Å². The van der Waals surface area contributed by atoms with Crippen LogP contribution in [-0.4, -0.2) is 0 Å². The fraction of sp³-hybridized carbons (Fsp3) is 0.250. The molecule has 0 aliphatic carbocycles. The van der Waals surface area contributed by atoms with Crippen LogP contribution in [0.4, 0.5) is 0 Å². The zero-order chi connectivity index (χ0) is 11.8. The molecule has 0 fully saturated rings. The van der Waals surface area contributed by atoms with E-state index in [0.29, 0.717) is 12.1 Å². The average Bonchev–Trinajstić information content (AvgIpc) is 2.48. The molecule has 1 aliphatic rings. The number of nitrogens with one attached hydrogen (secondary N) is 1. The van der Waals surface area contributed by atoms with Crippen LogP contribution in [0, 0.1) is 0 Å². The van der Waals surface area contributed by atoms with Gasteiger partial charge in [-0.15, -0.1) is 0 Å². The van der Waals surface area contributed by atoms with Crippen molar-refractivity contribution < 1.29 is 0 Å². The minimum Gasteiger partial charge on any atom is -0.304 e. The second-order valence-electron chi connectivity index (χ2n) is 4.78. The highest BCUT2D eigenvalue weighted by molar-refractivity contribution is 5.72. The molecule has 2 aromatic carbocycles. The standard InChI is InChI=1S/C16H17N/c1-11-13-7-3-5-9-15(13)16-10-6-4-8-14(16)12(2)17-11/h3-12,17H,1-2H3/t11-,12+. The van der Waals surface area contributed by atoms with Crippen LogP contribution in [0.3, 0.4) is 0 Å². The molecule has 1 N–H and O–H groups in total. The van der Waals surface area contributed by atoms with Crippen LogP contribution in [0.1, 0.15) is 37.1 Å². The molecule has 1 heterocycles. The Balaban J connectivity index is 2.30. The number of hydrogen-bond donors (Lipinski definition) is 1. The van der Waals surface area contributed by atoms with E-state index in [1.807, 2.05) is 0 Å². The lowest BCUT2D eigenvalue weighted by molar-refractivity contribution is 0.502. The van der Waals surface area contributed by atoms with E-state index in [2.05, 4.69) is 67.7 Å². The van der Waals surface area contributed by atoms with Crippen molar-refractivity contribution in [3.63, 3.8) is 0 Å². The van der Waals surface area contributed by atoms with Crippen LogP contribution in [0.5, 0.6) is 0 Å². The Kier molecular flexibility index (Phi) is 2.49. The summed E-state index contributed by atoms with van der Waals surface area (Å²) >= 11 is 0. The Morgan fingerprint density at radius 1 is 0.706 bits per heavy atom. The fourth-order valence-electron chi connectivity index (χ4n) is 2.79. The van der Waals surface area contributed by atoms with Gasteiger partial charge in [-0.2, -0.15) is 0 Å². The first-order valence-electron chi connectivity index (χ1n) is 6.21. The SMILES string of the molecule is C[C@@H]1N[C@H](C)c2ccccc2-c2ccccc21. The third kappa shape index (κ3) is 1.67. The summed E-state index contributed by atoms with van der Waals surface area (Å²) in [4.78, 5) is 0. The Labute approximate surface area is 102 Å². The quantitative estimate of drug-likeness (QED) is 0.709. The summed E-state index contributed by atoms with van der Waals surface area (Å²) in [6.07, 6.45) is 0. The van der Waals surface area contributed by atoms with E-state index in [0.717, 1.165) is 0 Å². The molecule has 0 spiro atoms. The van der Waals surface area contributed by atoms with E-state index >= 15 is 0 Å². The molecule has 0 bridgehead atoms. The van der Waals surface area contributed by atoms with E-state index in [4.69, 9.17) is 0 Å². The van der Waals surface area contributed by atoms with Crippen molar-refractivity contribution in [2.45, 2.75) is 25.9 Å².